The first-order valence-corrected chi connectivity index (χ1v) is 24.2. The van der Waals surface area contributed by atoms with Gasteiger partial charge >= 0.3 is 0 Å². The number of aliphatic carboxylic acids is 2. The number of fused-ring (bicyclic) bond motifs is 5. The minimum absolute atomic E-state index is 0. The van der Waals surface area contributed by atoms with Gasteiger partial charge in [0.25, 0.3) is 0 Å². The van der Waals surface area contributed by atoms with Crippen molar-refractivity contribution in [1.29, 1.82) is 0 Å². The number of aliphatic hydroxyl groups excluding tert-OH is 2. The van der Waals surface area contributed by atoms with Gasteiger partial charge in [0.05, 0.1) is 113 Å². The number of carboxylic acids is 2. The second kappa shape index (κ2) is 42.3. The molecule has 19 nitrogen and oxygen atoms in total. The first-order chi connectivity index (χ1) is 34.3. The average molecular weight is 1520 g/mol. The van der Waals surface area contributed by atoms with Crippen LogP contribution in [0.25, 0.3) is 6.08 Å². The Hall–Kier alpha value is -1.68. The van der Waals surface area contributed by atoms with E-state index >= 15 is 0 Å². The second-order valence-electron chi connectivity index (χ2n) is 16.2. The maximum atomic E-state index is 9.87. The summed E-state index contributed by atoms with van der Waals surface area (Å²) in [6.07, 6.45) is 10.6. The fourth-order valence-electron chi connectivity index (χ4n) is 7.73. The van der Waals surface area contributed by atoms with Crippen molar-refractivity contribution in [3.05, 3.63) is 62.6 Å². The molecule has 22 heteroatoms. The zero-order valence-corrected chi connectivity index (χ0v) is 48.6. The summed E-state index contributed by atoms with van der Waals surface area (Å²) < 4.78 is 45.3. The molecule has 3 radical (unpaired) electrons. The SMILES string of the molecule is CC(=O)[O-].CC(=O)[O-].CCc1c2[n-]c(c1CC)CC1N=C(C=Nc3cc(OCCOCCOCCOC)c(OCCOCCOCCOC)cc3N=CC3=N/C(=C\2)C(CCCO)=C3C)C(C)=C1CCCO.[Lu].[Lu].[Lu]. The molecular weight excluding hydrogens is 1440 g/mol. The van der Waals surface area contributed by atoms with Crippen molar-refractivity contribution < 1.29 is 179 Å². The number of allylic oxidation sites excluding steroid dienone is 3. The number of aliphatic imine (C=N–C) groups is 4. The number of benzene rings is 1. The molecular formula is C52H74Lu3N5O14-3. The van der Waals surface area contributed by atoms with Crippen LogP contribution in [0.5, 0.6) is 11.5 Å². The van der Waals surface area contributed by atoms with E-state index in [1.807, 2.05) is 12.1 Å². The molecule has 3 aliphatic rings. The van der Waals surface area contributed by atoms with Crippen LogP contribution in [0.4, 0.5) is 11.4 Å². The third kappa shape index (κ3) is 25.9. The number of carboxylic acid groups (broad SMARTS) is 2. The Bertz CT molecular complexity index is 2200. The van der Waals surface area contributed by atoms with Crippen molar-refractivity contribution in [3.63, 3.8) is 0 Å². The maximum Gasteiger partial charge on any atom is 0.163 e. The number of nitrogens with zero attached hydrogens (tertiary/aromatic N) is 5. The van der Waals surface area contributed by atoms with Gasteiger partial charge in [-0.3, -0.25) is 15.0 Å². The number of ether oxygens (including phenoxy) is 8. The number of hydrogen-bond acceptors (Lipinski definition) is 18. The van der Waals surface area contributed by atoms with Crippen molar-refractivity contribution in [2.45, 2.75) is 92.5 Å². The monoisotopic (exact) mass is 1520 g/mol. The topological polar surface area (TPSA) is 258 Å². The molecule has 1 atom stereocenters. The van der Waals surface area contributed by atoms with E-state index < -0.39 is 11.9 Å². The first kappa shape index (κ1) is 72.3. The van der Waals surface area contributed by atoms with E-state index in [0.717, 1.165) is 78.3 Å². The van der Waals surface area contributed by atoms with Gasteiger partial charge in [-0.15, -0.1) is 5.69 Å². The van der Waals surface area contributed by atoms with Crippen molar-refractivity contribution in [3.8, 4) is 11.5 Å². The van der Waals surface area contributed by atoms with Gasteiger partial charge in [0, 0.05) is 162 Å². The first-order valence-electron chi connectivity index (χ1n) is 24.2. The van der Waals surface area contributed by atoms with E-state index in [0.29, 0.717) is 115 Å². The number of carbonyl (C=O) groups excluding carboxylic acids is 2. The summed E-state index contributed by atoms with van der Waals surface area (Å²) in [6, 6.07) is 3.51. The number of carbonyl (C=O) groups is 2. The second-order valence-corrected chi connectivity index (χ2v) is 16.2. The van der Waals surface area contributed by atoms with Crippen molar-refractivity contribution in [2.75, 3.05) is 107 Å². The standard InChI is InChI=1S/C48H68N5O10.2C2H4O2.3Lu/c1-7-35-36(8-2)40-28-42-38(12-10-14-55)34(4)46(53-42)32-50-44-30-48(63-26-24-61-22-20-59-18-16-57-6)47(62-25-23-60-21-19-58-17-15-56-5)29-43(44)49-31-45-33(3)37(11-9-13-54)41(52-45)27-39(35)51-40;2*1-2(3)4;;;/h27,29-32,42,54-55H,7-26,28H2,1-6H3;2*1H3,(H,3,4);;;/q-1;;;;;/p-2/b41-27-,49-31?,50-32?;;;;;. The molecule has 0 aliphatic carbocycles. The van der Waals surface area contributed by atoms with Gasteiger partial charge < -0.3 is 72.9 Å². The van der Waals surface area contributed by atoms with Gasteiger partial charge in [0.15, 0.2) is 11.5 Å². The predicted molar refractivity (Wildman–Crippen MR) is 269 cm³/mol. The third-order valence-electron chi connectivity index (χ3n) is 11.1. The van der Waals surface area contributed by atoms with Crippen LogP contribution in [-0.2, 0) is 57.3 Å². The number of aliphatic hydroxyl groups is 2. The zero-order chi connectivity index (χ0) is 52.0. The Balaban J connectivity index is 0.00000451. The fraction of sp³-hybridized carbons (Fsp3) is 0.577. The average Bonchev–Trinajstić information content (AvgIpc) is 3.94. The smallest absolute Gasteiger partial charge is 0.163 e. The summed E-state index contributed by atoms with van der Waals surface area (Å²) in [5, 5.41) is 37.5. The van der Waals surface area contributed by atoms with Gasteiger partial charge in [0.2, 0.25) is 0 Å². The molecule has 5 rings (SSSR count). The molecule has 4 heterocycles. The van der Waals surface area contributed by atoms with Crippen LogP contribution < -0.4 is 24.7 Å². The molecule has 1 aromatic carbocycles. The third-order valence-corrected chi connectivity index (χ3v) is 11.1. The fourth-order valence-corrected chi connectivity index (χ4v) is 7.73. The molecule has 0 fully saturated rings. The summed E-state index contributed by atoms with van der Waals surface area (Å²) in [7, 11) is 3.28. The number of rotatable bonds is 28. The Kier molecular flexibility index (Phi) is 41.3. The molecule has 0 spiro atoms. The van der Waals surface area contributed by atoms with Crippen LogP contribution in [0, 0.1) is 111 Å². The number of hydrogen-bond donors (Lipinski definition) is 2. The van der Waals surface area contributed by atoms with Crippen molar-refractivity contribution >= 4 is 53.2 Å². The molecule has 0 amide bonds. The summed E-state index contributed by atoms with van der Waals surface area (Å²) >= 11 is 0. The number of aromatic nitrogens is 1. The van der Waals surface area contributed by atoms with Crippen LogP contribution in [0.15, 0.2) is 60.1 Å². The van der Waals surface area contributed by atoms with E-state index in [-0.39, 0.29) is 143 Å². The minimum Gasteiger partial charge on any atom is -0.661 e. The quantitative estimate of drug-likeness (QED) is 0.115. The Morgan fingerprint density at radius 1 is 0.662 bits per heavy atom. The maximum absolute atomic E-state index is 9.87. The van der Waals surface area contributed by atoms with Gasteiger partial charge in [-0.2, -0.15) is 5.69 Å². The van der Waals surface area contributed by atoms with Crippen LogP contribution in [0.3, 0.4) is 0 Å². The normalized spacial score (nSPS) is 15.1. The molecule has 6 bridgehead atoms. The minimum atomic E-state index is -1.08. The summed E-state index contributed by atoms with van der Waals surface area (Å²) in [4.78, 5) is 43.5. The van der Waals surface area contributed by atoms with Gasteiger partial charge in [0.1, 0.15) is 13.2 Å². The summed E-state index contributed by atoms with van der Waals surface area (Å²) in [6.45, 7) is 15.6. The molecule has 0 saturated heterocycles. The molecule has 1 unspecified atom stereocenters. The molecule has 1 aromatic heterocycles. The molecule has 3 aliphatic heterocycles. The van der Waals surface area contributed by atoms with Gasteiger partial charge in [-0.25, -0.2) is 4.99 Å². The van der Waals surface area contributed by atoms with Crippen LogP contribution in [0.2, 0.25) is 0 Å². The molecule has 2 N–H and O–H groups in total. The van der Waals surface area contributed by atoms with Gasteiger partial charge in [-0.05, 0) is 94.9 Å². The van der Waals surface area contributed by atoms with E-state index in [2.05, 4.69) is 33.8 Å². The zero-order valence-electron chi connectivity index (χ0n) is 43.6. The Morgan fingerprint density at radius 3 is 1.57 bits per heavy atom. The molecule has 74 heavy (non-hydrogen) atoms. The Labute approximate surface area is 524 Å². The molecule has 0 saturated carbocycles. The van der Waals surface area contributed by atoms with E-state index in [9.17, 15) is 10.2 Å². The van der Waals surface area contributed by atoms with Crippen molar-refractivity contribution in [2.24, 2.45) is 20.0 Å². The molecule has 2 aromatic rings. The van der Waals surface area contributed by atoms with Crippen LogP contribution in [0.1, 0.15) is 89.7 Å². The van der Waals surface area contributed by atoms with Crippen LogP contribution in [-0.4, -0.2) is 159 Å². The van der Waals surface area contributed by atoms with E-state index in [1.165, 1.54) is 16.7 Å². The van der Waals surface area contributed by atoms with Crippen LogP contribution >= 0.6 is 0 Å². The largest absolute Gasteiger partial charge is 0.661 e. The van der Waals surface area contributed by atoms with Crippen molar-refractivity contribution in [1.82, 2.24) is 4.98 Å². The van der Waals surface area contributed by atoms with Gasteiger partial charge in [-0.1, -0.05) is 31.1 Å². The number of methoxy groups -OCH3 is 2. The summed E-state index contributed by atoms with van der Waals surface area (Å²) in [5.41, 5.74) is 12.1. The van der Waals surface area contributed by atoms with E-state index in [1.54, 1.807) is 26.6 Å². The predicted octanol–water partition coefficient (Wildman–Crippen LogP) is 3.86. The van der Waals surface area contributed by atoms with E-state index in [4.69, 9.17) is 82.7 Å². The molecule has 439 valence electrons. The summed E-state index contributed by atoms with van der Waals surface area (Å²) in [5.74, 6) is -1.23. The Morgan fingerprint density at radius 2 is 1.11 bits per heavy atom.